The van der Waals surface area contributed by atoms with E-state index in [1.54, 1.807) is 0 Å². The molecule has 2 heterocycles. The Labute approximate surface area is 153 Å². The van der Waals surface area contributed by atoms with Crippen LogP contribution in [0.15, 0.2) is 30.5 Å². The number of fused-ring (bicyclic) bond motifs is 1. The van der Waals surface area contributed by atoms with Crippen molar-refractivity contribution in [3.05, 3.63) is 36.3 Å². The van der Waals surface area contributed by atoms with Gasteiger partial charge in [-0.3, -0.25) is 9.59 Å². The number of carbonyl (C=O) groups is 2. The van der Waals surface area contributed by atoms with E-state index in [0.717, 1.165) is 29.2 Å². The highest BCUT2D eigenvalue weighted by Gasteiger charge is 2.21. The summed E-state index contributed by atoms with van der Waals surface area (Å²) >= 11 is 0. The number of nitrogens with zero attached hydrogens (tertiary/aromatic N) is 3. The molecule has 3 rings (SSSR count). The topological polar surface area (TPSA) is 76.5 Å². The number of ether oxygens (including phenoxy) is 1. The molecule has 0 aliphatic carbocycles. The molecule has 7 heteroatoms. The monoisotopic (exact) mass is 356 g/mol. The van der Waals surface area contributed by atoms with Crippen LogP contribution in [0, 0.1) is 0 Å². The highest BCUT2D eigenvalue weighted by Crippen LogP contribution is 2.24. The van der Waals surface area contributed by atoms with Crippen LogP contribution in [0.2, 0.25) is 0 Å². The van der Waals surface area contributed by atoms with E-state index in [0.29, 0.717) is 26.2 Å². The van der Waals surface area contributed by atoms with Gasteiger partial charge in [0.25, 0.3) is 0 Å². The van der Waals surface area contributed by atoms with Crippen molar-refractivity contribution in [2.24, 2.45) is 0 Å². The molecule has 138 valence electrons. The minimum absolute atomic E-state index is 0.0267. The summed E-state index contributed by atoms with van der Waals surface area (Å²) in [6.07, 6.45) is 2.60. The highest BCUT2D eigenvalue weighted by atomic mass is 16.5. The number of rotatable bonds is 5. The zero-order chi connectivity index (χ0) is 18.5. The zero-order valence-electron chi connectivity index (χ0n) is 15.2. The number of hydrogen-bond donors (Lipinski definition) is 1. The molecule has 0 bridgehead atoms. The molecule has 1 aromatic carbocycles. The van der Waals surface area contributed by atoms with Gasteiger partial charge in [0.1, 0.15) is 12.4 Å². The number of amides is 2. The van der Waals surface area contributed by atoms with Gasteiger partial charge in [-0.1, -0.05) is 12.1 Å². The Bertz CT molecular complexity index is 783. The van der Waals surface area contributed by atoms with Gasteiger partial charge in [0, 0.05) is 45.3 Å². The molecule has 1 aliphatic rings. The molecule has 1 aromatic heterocycles. The van der Waals surface area contributed by atoms with Gasteiger partial charge in [0.05, 0.1) is 11.9 Å². The summed E-state index contributed by atoms with van der Waals surface area (Å²) in [6, 6.07) is 7.70. The van der Waals surface area contributed by atoms with Crippen LogP contribution in [0.4, 0.5) is 5.69 Å². The van der Waals surface area contributed by atoms with Gasteiger partial charge in [0.15, 0.2) is 0 Å². The fourth-order valence-electron chi connectivity index (χ4n) is 3.12. The quantitative estimate of drug-likeness (QED) is 0.888. The summed E-state index contributed by atoms with van der Waals surface area (Å²) in [7, 11) is 0. The molecule has 0 saturated carbocycles. The molecule has 7 nitrogen and oxygen atoms in total. The van der Waals surface area contributed by atoms with Crippen molar-refractivity contribution in [2.75, 3.05) is 31.6 Å². The van der Waals surface area contributed by atoms with Crippen LogP contribution in [0.25, 0.3) is 11.3 Å². The van der Waals surface area contributed by atoms with Crippen LogP contribution in [-0.4, -0.2) is 52.6 Å². The van der Waals surface area contributed by atoms with Gasteiger partial charge in [-0.05, 0) is 24.6 Å². The van der Waals surface area contributed by atoms with Crippen molar-refractivity contribution in [1.82, 2.24) is 14.5 Å². The number of benzene rings is 1. The van der Waals surface area contributed by atoms with Gasteiger partial charge in [-0.25, -0.2) is 4.98 Å². The van der Waals surface area contributed by atoms with Gasteiger partial charge < -0.3 is 19.5 Å². The smallest absolute Gasteiger partial charge is 0.248 e. The Hall–Kier alpha value is -2.67. The van der Waals surface area contributed by atoms with Crippen LogP contribution in [0.1, 0.15) is 19.7 Å². The normalized spacial score (nSPS) is 13.8. The van der Waals surface area contributed by atoms with E-state index in [4.69, 9.17) is 4.74 Å². The molecular weight excluding hydrogens is 332 g/mol. The first-order valence-corrected chi connectivity index (χ1v) is 8.86. The number of imidazole rings is 1. The predicted molar refractivity (Wildman–Crippen MR) is 98.7 cm³/mol. The molecule has 0 fully saturated rings. The fraction of sp³-hybridized carbons (Fsp3) is 0.421. The summed E-state index contributed by atoms with van der Waals surface area (Å²) in [5.41, 5.74) is 2.82. The number of carbonyl (C=O) groups excluding carboxylic acids is 2. The lowest BCUT2D eigenvalue weighted by Crippen LogP contribution is -2.36. The predicted octanol–water partition coefficient (Wildman–Crippen LogP) is 1.93. The molecule has 0 spiro atoms. The molecule has 0 atom stereocenters. The Balaban J connectivity index is 1.73. The standard InChI is InChI=1S/C19H24N4O3/c1-3-26-13-19(25)22-9-8-18-20-12-17(23(18)11-10-22)15-4-6-16(7-5-15)21-14(2)24/h4-7,12H,3,8-11,13H2,1-2H3,(H,21,24). The van der Waals surface area contributed by atoms with Crippen molar-refractivity contribution in [3.8, 4) is 11.3 Å². The fourth-order valence-corrected chi connectivity index (χ4v) is 3.12. The summed E-state index contributed by atoms with van der Waals surface area (Å²) in [6.45, 7) is 6.06. The van der Waals surface area contributed by atoms with E-state index >= 15 is 0 Å². The van der Waals surface area contributed by atoms with E-state index in [2.05, 4.69) is 14.9 Å². The first kappa shape index (κ1) is 18.1. The Kier molecular flexibility index (Phi) is 5.68. The van der Waals surface area contributed by atoms with Gasteiger partial charge >= 0.3 is 0 Å². The lowest BCUT2D eigenvalue weighted by atomic mass is 10.1. The van der Waals surface area contributed by atoms with Crippen LogP contribution in [0.3, 0.4) is 0 Å². The third-order valence-electron chi connectivity index (χ3n) is 4.42. The van der Waals surface area contributed by atoms with Gasteiger partial charge in [-0.15, -0.1) is 0 Å². The molecule has 1 aliphatic heterocycles. The summed E-state index contributed by atoms with van der Waals surface area (Å²) in [4.78, 5) is 29.7. The van der Waals surface area contributed by atoms with Crippen LogP contribution in [-0.2, 0) is 27.3 Å². The summed E-state index contributed by atoms with van der Waals surface area (Å²) in [5.74, 6) is 0.921. The molecule has 2 aromatic rings. The van der Waals surface area contributed by atoms with E-state index in [9.17, 15) is 9.59 Å². The zero-order valence-corrected chi connectivity index (χ0v) is 15.2. The number of nitrogens with one attached hydrogen (secondary N) is 1. The molecule has 0 radical (unpaired) electrons. The van der Waals surface area contributed by atoms with Crippen molar-refractivity contribution >= 4 is 17.5 Å². The largest absolute Gasteiger partial charge is 0.372 e. The second-order valence-corrected chi connectivity index (χ2v) is 6.24. The van der Waals surface area contributed by atoms with Crippen LogP contribution < -0.4 is 5.32 Å². The molecular formula is C19H24N4O3. The van der Waals surface area contributed by atoms with Gasteiger partial charge in [0.2, 0.25) is 11.8 Å². The summed E-state index contributed by atoms with van der Waals surface area (Å²) < 4.78 is 7.40. The molecule has 1 N–H and O–H groups in total. The first-order valence-electron chi connectivity index (χ1n) is 8.86. The van der Waals surface area contributed by atoms with E-state index < -0.39 is 0 Å². The number of anilines is 1. The van der Waals surface area contributed by atoms with Crippen molar-refractivity contribution < 1.29 is 14.3 Å². The third-order valence-corrected chi connectivity index (χ3v) is 4.42. The molecule has 0 saturated heterocycles. The maximum Gasteiger partial charge on any atom is 0.248 e. The Morgan fingerprint density at radius 1 is 1.19 bits per heavy atom. The first-order chi connectivity index (χ1) is 12.6. The molecule has 26 heavy (non-hydrogen) atoms. The molecule has 2 amide bonds. The van der Waals surface area contributed by atoms with E-state index in [1.807, 2.05) is 42.3 Å². The molecule has 0 unspecified atom stereocenters. The van der Waals surface area contributed by atoms with Crippen molar-refractivity contribution in [3.63, 3.8) is 0 Å². The SMILES string of the molecule is CCOCC(=O)N1CCc2ncc(-c3ccc(NC(C)=O)cc3)n2CC1. The summed E-state index contributed by atoms with van der Waals surface area (Å²) in [5, 5.41) is 2.77. The third kappa shape index (κ3) is 4.11. The average Bonchev–Trinajstić information content (AvgIpc) is 2.91. The maximum atomic E-state index is 12.2. The number of aromatic nitrogens is 2. The van der Waals surface area contributed by atoms with Crippen LogP contribution >= 0.6 is 0 Å². The lowest BCUT2D eigenvalue weighted by Gasteiger charge is -2.20. The Morgan fingerprint density at radius 3 is 2.65 bits per heavy atom. The van der Waals surface area contributed by atoms with Crippen molar-refractivity contribution in [2.45, 2.75) is 26.8 Å². The second kappa shape index (κ2) is 8.14. The van der Waals surface area contributed by atoms with Gasteiger partial charge in [-0.2, -0.15) is 0 Å². The second-order valence-electron chi connectivity index (χ2n) is 6.24. The lowest BCUT2D eigenvalue weighted by molar-refractivity contribution is -0.136. The van der Waals surface area contributed by atoms with E-state index in [-0.39, 0.29) is 18.4 Å². The number of hydrogen-bond acceptors (Lipinski definition) is 4. The minimum Gasteiger partial charge on any atom is -0.372 e. The van der Waals surface area contributed by atoms with Crippen molar-refractivity contribution in [1.29, 1.82) is 0 Å². The Morgan fingerprint density at radius 2 is 1.96 bits per heavy atom. The van der Waals surface area contributed by atoms with E-state index in [1.165, 1.54) is 6.92 Å². The van der Waals surface area contributed by atoms with Crippen LogP contribution in [0.5, 0.6) is 0 Å². The highest BCUT2D eigenvalue weighted by molar-refractivity contribution is 5.88. The minimum atomic E-state index is -0.0900. The average molecular weight is 356 g/mol. The maximum absolute atomic E-state index is 12.2.